The Morgan fingerprint density at radius 2 is 1.83 bits per heavy atom. The van der Waals surface area contributed by atoms with E-state index in [0.717, 1.165) is 5.69 Å². The molecule has 0 aromatic heterocycles. The Labute approximate surface area is 172 Å². The number of para-hydroxylation sites is 1. The molecule has 2 saturated heterocycles. The van der Waals surface area contributed by atoms with Gasteiger partial charge in [0.2, 0.25) is 0 Å². The minimum absolute atomic E-state index is 0.0123. The molecule has 1 amide bonds. The Morgan fingerprint density at radius 3 is 2.52 bits per heavy atom. The summed E-state index contributed by atoms with van der Waals surface area (Å²) in [5, 5.41) is 8.97. The number of carbonyl (C=O) groups excluding carboxylic acids is 1. The third-order valence-corrected chi connectivity index (χ3v) is 7.82. The molecule has 7 nitrogen and oxygen atoms in total. The minimum Gasteiger partial charge on any atom is -0.457 e. The molecule has 2 atom stereocenters. The monoisotopic (exact) mass is 427 g/mol. The summed E-state index contributed by atoms with van der Waals surface area (Å²) in [5.41, 5.74) is 0.728. The molecule has 2 fully saturated rings. The number of nitrogens with zero attached hydrogens (tertiary/aromatic N) is 3. The van der Waals surface area contributed by atoms with Crippen molar-refractivity contribution in [3.63, 3.8) is 0 Å². The van der Waals surface area contributed by atoms with E-state index in [-0.39, 0.29) is 29.2 Å². The number of amides is 1. The maximum atomic E-state index is 12.1. The summed E-state index contributed by atoms with van der Waals surface area (Å²) in [6, 6.07) is 18.1. The van der Waals surface area contributed by atoms with Gasteiger partial charge >= 0.3 is 0 Å². The number of nitriles is 1. The van der Waals surface area contributed by atoms with Crippen molar-refractivity contribution in [2.75, 3.05) is 16.4 Å². The maximum Gasteiger partial charge on any atom is 0.262 e. The molecule has 4 rings (SSSR count). The largest absolute Gasteiger partial charge is 0.457 e. The number of hydrogen-bond donors (Lipinski definition) is 0. The SMILES string of the molecule is N#CCC(=O)N=C1S[C@H]2CS(=O)(=O)C[C@@H]2N1c1ccc(Oc2ccccc2)cc1. The Kier molecular flexibility index (Phi) is 5.30. The molecule has 9 heteroatoms. The number of carbonyl (C=O) groups is 1. The lowest BCUT2D eigenvalue weighted by Crippen LogP contribution is -2.37. The molecule has 2 aromatic carbocycles. The summed E-state index contributed by atoms with van der Waals surface area (Å²) in [4.78, 5) is 17.7. The van der Waals surface area contributed by atoms with Crippen LogP contribution in [0.4, 0.5) is 5.69 Å². The highest BCUT2D eigenvalue weighted by Crippen LogP contribution is 2.41. The molecular formula is C20H17N3O4S2. The highest BCUT2D eigenvalue weighted by Gasteiger charge is 2.49. The third-order valence-electron chi connectivity index (χ3n) is 4.61. The van der Waals surface area contributed by atoms with Gasteiger partial charge in [0.15, 0.2) is 15.0 Å². The highest BCUT2D eigenvalue weighted by molar-refractivity contribution is 8.16. The van der Waals surface area contributed by atoms with Gasteiger partial charge in [-0.2, -0.15) is 10.3 Å². The Bertz CT molecular complexity index is 1090. The number of benzene rings is 2. The molecule has 0 aliphatic carbocycles. The van der Waals surface area contributed by atoms with E-state index in [4.69, 9.17) is 10.00 Å². The van der Waals surface area contributed by atoms with Crippen LogP contribution in [-0.2, 0) is 14.6 Å². The van der Waals surface area contributed by atoms with Crippen molar-refractivity contribution >= 4 is 38.4 Å². The van der Waals surface area contributed by atoms with E-state index in [1.165, 1.54) is 11.8 Å². The van der Waals surface area contributed by atoms with Gasteiger partial charge in [0.05, 0.1) is 23.6 Å². The van der Waals surface area contributed by atoms with Gasteiger partial charge in [0.25, 0.3) is 5.91 Å². The van der Waals surface area contributed by atoms with E-state index in [1.807, 2.05) is 42.5 Å². The smallest absolute Gasteiger partial charge is 0.262 e. The Hall–Kier alpha value is -2.83. The number of amidine groups is 1. The van der Waals surface area contributed by atoms with Gasteiger partial charge in [-0.25, -0.2) is 8.42 Å². The van der Waals surface area contributed by atoms with E-state index in [2.05, 4.69) is 4.99 Å². The molecule has 2 aliphatic rings. The fraction of sp³-hybridized carbons (Fsp3) is 0.250. The first-order chi connectivity index (χ1) is 13.9. The van der Waals surface area contributed by atoms with Crippen molar-refractivity contribution in [1.82, 2.24) is 0 Å². The number of hydrogen-bond acceptors (Lipinski definition) is 6. The fourth-order valence-corrected chi connectivity index (χ4v) is 7.31. The molecule has 2 aliphatic heterocycles. The van der Waals surface area contributed by atoms with Crippen LogP contribution in [0.5, 0.6) is 11.5 Å². The van der Waals surface area contributed by atoms with Crippen LogP contribution < -0.4 is 9.64 Å². The Balaban J connectivity index is 1.62. The minimum atomic E-state index is -3.14. The molecule has 2 heterocycles. The molecule has 0 spiro atoms. The predicted molar refractivity (Wildman–Crippen MR) is 112 cm³/mol. The Morgan fingerprint density at radius 1 is 1.14 bits per heavy atom. The summed E-state index contributed by atoms with van der Waals surface area (Å²) in [5.74, 6) is 0.884. The second-order valence-electron chi connectivity index (χ2n) is 6.70. The molecular weight excluding hydrogens is 410 g/mol. The third kappa shape index (κ3) is 4.28. The zero-order valence-electron chi connectivity index (χ0n) is 15.3. The predicted octanol–water partition coefficient (Wildman–Crippen LogP) is 2.99. The summed E-state index contributed by atoms with van der Waals surface area (Å²) in [7, 11) is -3.14. The van der Waals surface area contributed by atoms with Crippen LogP contribution in [0.2, 0.25) is 0 Å². The van der Waals surface area contributed by atoms with Gasteiger partial charge in [-0.15, -0.1) is 0 Å². The van der Waals surface area contributed by atoms with Crippen molar-refractivity contribution in [1.29, 1.82) is 5.26 Å². The lowest BCUT2D eigenvalue weighted by molar-refractivity contribution is -0.116. The van der Waals surface area contributed by atoms with Gasteiger partial charge in [-0.3, -0.25) is 4.79 Å². The topological polar surface area (TPSA) is 99.8 Å². The number of anilines is 1. The van der Waals surface area contributed by atoms with Gasteiger partial charge in [0, 0.05) is 10.9 Å². The first-order valence-corrected chi connectivity index (χ1v) is 11.6. The number of thioether (sulfide) groups is 1. The van der Waals surface area contributed by atoms with Crippen molar-refractivity contribution < 1.29 is 17.9 Å². The quantitative estimate of drug-likeness (QED) is 0.739. The summed E-state index contributed by atoms with van der Waals surface area (Å²) in [6.07, 6.45) is -0.310. The number of ether oxygens (including phenoxy) is 1. The molecule has 0 radical (unpaired) electrons. The number of fused-ring (bicyclic) bond motifs is 1. The lowest BCUT2D eigenvalue weighted by Gasteiger charge is -2.24. The second-order valence-corrected chi connectivity index (χ2v) is 10.1. The van der Waals surface area contributed by atoms with Gasteiger partial charge in [-0.05, 0) is 36.4 Å². The van der Waals surface area contributed by atoms with Gasteiger partial charge < -0.3 is 9.64 Å². The van der Waals surface area contributed by atoms with Crippen LogP contribution in [0.3, 0.4) is 0 Å². The molecule has 0 unspecified atom stereocenters. The number of rotatable bonds is 4. The molecule has 0 bridgehead atoms. The molecule has 2 aromatic rings. The average Bonchev–Trinajstić information content (AvgIpc) is 3.14. The van der Waals surface area contributed by atoms with Crippen LogP contribution in [0, 0.1) is 11.3 Å². The first-order valence-electron chi connectivity index (χ1n) is 8.93. The van der Waals surface area contributed by atoms with Crippen LogP contribution in [0.25, 0.3) is 0 Å². The molecule has 29 heavy (non-hydrogen) atoms. The zero-order chi connectivity index (χ0) is 20.4. The summed E-state index contributed by atoms with van der Waals surface area (Å²) < 4.78 is 30.0. The fourth-order valence-electron chi connectivity index (χ4n) is 3.38. The van der Waals surface area contributed by atoms with Crippen LogP contribution >= 0.6 is 11.8 Å². The van der Waals surface area contributed by atoms with E-state index in [0.29, 0.717) is 16.7 Å². The van der Waals surface area contributed by atoms with E-state index >= 15 is 0 Å². The normalized spacial score (nSPS) is 23.6. The van der Waals surface area contributed by atoms with Crippen LogP contribution in [-0.4, -0.2) is 42.3 Å². The second kappa shape index (κ2) is 7.89. The number of sulfone groups is 1. The van der Waals surface area contributed by atoms with E-state index in [1.54, 1.807) is 23.1 Å². The van der Waals surface area contributed by atoms with Crippen LogP contribution in [0.1, 0.15) is 6.42 Å². The first kappa shape index (κ1) is 19.5. The molecule has 0 N–H and O–H groups in total. The molecule has 148 valence electrons. The van der Waals surface area contributed by atoms with E-state index < -0.39 is 15.7 Å². The zero-order valence-corrected chi connectivity index (χ0v) is 16.9. The highest BCUT2D eigenvalue weighted by atomic mass is 32.2. The number of aliphatic imine (C=N–C) groups is 1. The van der Waals surface area contributed by atoms with E-state index in [9.17, 15) is 13.2 Å². The maximum absolute atomic E-state index is 12.1. The summed E-state index contributed by atoms with van der Waals surface area (Å²) in [6.45, 7) is 0. The van der Waals surface area contributed by atoms with Gasteiger partial charge in [-0.1, -0.05) is 30.0 Å². The van der Waals surface area contributed by atoms with Crippen LogP contribution in [0.15, 0.2) is 59.6 Å². The van der Waals surface area contributed by atoms with Crippen molar-refractivity contribution in [3.8, 4) is 17.6 Å². The van der Waals surface area contributed by atoms with Crippen molar-refractivity contribution in [2.45, 2.75) is 17.7 Å². The lowest BCUT2D eigenvalue weighted by atomic mass is 10.2. The average molecular weight is 428 g/mol. The standard InChI is InChI=1S/C20H17N3O4S2/c21-11-10-19(24)22-20-23(17-12-29(25,26)13-18(17)28-20)14-6-8-16(9-7-14)27-15-4-2-1-3-5-15/h1-9,17-18H,10,12-13H2/t17-,18-/m0/s1. The van der Waals surface area contributed by atoms with Crippen molar-refractivity contribution in [2.24, 2.45) is 4.99 Å². The molecule has 0 saturated carbocycles. The summed E-state index contributed by atoms with van der Waals surface area (Å²) >= 11 is 1.28. The van der Waals surface area contributed by atoms with Gasteiger partial charge in [0.1, 0.15) is 17.9 Å². The van der Waals surface area contributed by atoms with Crippen molar-refractivity contribution in [3.05, 3.63) is 54.6 Å².